The molecule has 4 N–H and O–H groups in total. The highest BCUT2D eigenvalue weighted by molar-refractivity contribution is 5.20. The Hall–Kier alpha value is -0.930. The predicted molar refractivity (Wildman–Crippen MR) is 60.8 cm³/mol. The first-order valence-corrected chi connectivity index (χ1v) is 5.19. The minimum Gasteiger partial charge on any atom is -0.326 e. The van der Waals surface area contributed by atoms with Gasteiger partial charge in [0.15, 0.2) is 0 Å². The van der Waals surface area contributed by atoms with Gasteiger partial charge in [-0.25, -0.2) is 4.39 Å². The van der Waals surface area contributed by atoms with E-state index in [1.165, 1.54) is 6.07 Å². The highest BCUT2D eigenvalue weighted by Crippen LogP contribution is 2.21. The Kier molecular flexibility index (Phi) is 3.83. The molecule has 1 atom stereocenters. The van der Waals surface area contributed by atoms with Gasteiger partial charge in [-0.1, -0.05) is 18.2 Å². The summed E-state index contributed by atoms with van der Waals surface area (Å²) < 4.78 is 13.3. The lowest BCUT2D eigenvalue weighted by molar-refractivity contribution is 0.427. The predicted octanol–water partition coefficient (Wildman–Crippen LogP) is 2.34. The normalized spacial score (nSPS) is 13.9. The zero-order valence-electron chi connectivity index (χ0n) is 9.33. The van der Waals surface area contributed by atoms with Gasteiger partial charge in [-0.05, 0) is 32.8 Å². The Bertz CT molecular complexity index is 318. The zero-order chi connectivity index (χ0) is 11.5. The largest absolute Gasteiger partial charge is 0.326 e. The summed E-state index contributed by atoms with van der Waals surface area (Å²) in [6, 6.07) is 6.35. The van der Waals surface area contributed by atoms with Gasteiger partial charge in [0, 0.05) is 17.1 Å². The number of benzene rings is 1. The third-order valence-electron chi connectivity index (χ3n) is 2.40. The molecule has 1 aromatic carbocycles. The van der Waals surface area contributed by atoms with Gasteiger partial charge in [-0.2, -0.15) is 0 Å². The zero-order valence-corrected chi connectivity index (χ0v) is 9.33. The Labute approximate surface area is 90.5 Å². The first kappa shape index (κ1) is 12.1. The molecule has 0 saturated carbocycles. The van der Waals surface area contributed by atoms with Crippen LogP contribution in [0.25, 0.3) is 0 Å². The van der Waals surface area contributed by atoms with Crippen LogP contribution in [-0.4, -0.2) is 5.54 Å². The fourth-order valence-corrected chi connectivity index (χ4v) is 1.46. The molecule has 0 fully saturated rings. The highest BCUT2D eigenvalue weighted by atomic mass is 19.1. The van der Waals surface area contributed by atoms with E-state index in [0.29, 0.717) is 12.0 Å². The van der Waals surface area contributed by atoms with E-state index in [2.05, 4.69) is 0 Å². The minimum absolute atomic E-state index is 0.236. The van der Waals surface area contributed by atoms with Crippen molar-refractivity contribution in [3.63, 3.8) is 0 Å². The molecule has 0 heterocycles. The van der Waals surface area contributed by atoms with Gasteiger partial charge < -0.3 is 11.5 Å². The van der Waals surface area contributed by atoms with Crippen LogP contribution in [0.15, 0.2) is 24.3 Å². The van der Waals surface area contributed by atoms with Crippen LogP contribution in [0.5, 0.6) is 0 Å². The molecule has 3 heteroatoms. The summed E-state index contributed by atoms with van der Waals surface area (Å²) in [4.78, 5) is 0. The van der Waals surface area contributed by atoms with Crippen LogP contribution in [0, 0.1) is 5.82 Å². The molecule has 0 aliphatic rings. The third-order valence-corrected chi connectivity index (χ3v) is 2.40. The lowest BCUT2D eigenvalue weighted by Crippen LogP contribution is -2.32. The second kappa shape index (κ2) is 4.73. The van der Waals surface area contributed by atoms with Crippen molar-refractivity contribution in [2.75, 3.05) is 0 Å². The summed E-state index contributed by atoms with van der Waals surface area (Å²) >= 11 is 0. The molecule has 15 heavy (non-hydrogen) atoms. The number of halogens is 1. The van der Waals surface area contributed by atoms with Gasteiger partial charge in [0.25, 0.3) is 0 Å². The fourth-order valence-electron chi connectivity index (χ4n) is 1.46. The van der Waals surface area contributed by atoms with Crippen molar-refractivity contribution in [1.29, 1.82) is 0 Å². The van der Waals surface area contributed by atoms with Crippen molar-refractivity contribution < 1.29 is 4.39 Å². The van der Waals surface area contributed by atoms with E-state index in [4.69, 9.17) is 11.5 Å². The minimum atomic E-state index is -0.269. The second-order valence-corrected chi connectivity index (χ2v) is 4.66. The molecule has 0 bridgehead atoms. The van der Waals surface area contributed by atoms with Crippen molar-refractivity contribution in [3.05, 3.63) is 35.6 Å². The third kappa shape index (κ3) is 3.98. The van der Waals surface area contributed by atoms with Gasteiger partial charge in [0.05, 0.1) is 0 Å². The molecule has 0 spiro atoms. The summed E-state index contributed by atoms with van der Waals surface area (Å²) in [5, 5.41) is 0. The molecular formula is C12H19FN2. The van der Waals surface area contributed by atoms with E-state index >= 15 is 0 Å². The summed E-state index contributed by atoms with van der Waals surface area (Å²) in [6.07, 6.45) is 1.48. The maximum absolute atomic E-state index is 13.3. The van der Waals surface area contributed by atoms with E-state index < -0.39 is 0 Å². The van der Waals surface area contributed by atoms with Crippen molar-refractivity contribution >= 4 is 0 Å². The van der Waals surface area contributed by atoms with Crippen LogP contribution in [0.2, 0.25) is 0 Å². The van der Waals surface area contributed by atoms with Crippen LogP contribution >= 0.6 is 0 Å². The van der Waals surface area contributed by atoms with Crippen molar-refractivity contribution in [2.45, 2.75) is 38.3 Å². The lowest BCUT2D eigenvalue weighted by atomic mass is 9.94. The maximum Gasteiger partial charge on any atom is 0.127 e. The summed E-state index contributed by atoms with van der Waals surface area (Å²) in [5.74, 6) is -0.236. The highest BCUT2D eigenvalue weighted by Gasteiger charge is 2.16. The standard InChI is InChI=1S/C12H19FN2/c1-12(2,15)8-7-11(14)9-5-3-4-6-10(9)13/h3-6,11H,7-8,14-15H2,1-2H3. The molecule has 0 aliphatic heterocycles. The summed E-state index contributed by atoms with van der Waals surface area (Å²) in [5.41, 5.74) is 12.1. The van der Waals surface area contributed by atoms with E-state index in [1.807, 2.05) is 13.8 Å². The van der Waals surface area contributed by atoms with Crippen LogP contribution in [0.4, 0.5) is 4.39 Å². The van der Waals surface area contributed by atoms with E-state index in [-0.39, 0.29) is 17.4 Å². The van der Waals surface area contributed by atoms with Crippen LogP contribution in [0.3, 0.4) is 0 Å². The van der Waals surface area contributed by atoms with Crippen molar-refractivity contribution in [1.82, 2.24) is 0 Å². The lowest BCUT2D eigenvalue weighted by Gasteiger charge is -2.21. The van der Waals surface area contributed by atoms with E-state index in [0.717, 1.165) is 6.42 Å². The van der Waals surface area contributed by atoms with E-state index in [9.17, 15) is 4.39 Å². The monoisotopic (exact) mass is 210 g/mol. The molecule has 0 amide bonds. The summed E-state index contributed by atoms with van der Waals surface area (Å²) in [6.45, 7) is 3.89. The quantitative estimate of drug-likeness (QED) is 0.801. The Balaban J connectivity index is 2.62. The Morgan fingerprint density at radius 1 is 1.33 bits per heavy atom. The number of rotatable bonds is 4. The Morgan fingerprint density at radius 3 is 2.47 bits per heavy atom. The van der Waals surface area contributed by atoms with Gasteiger partial charge in [0.1, 0.15) is 5.82 Å². The average Bonchev–Trinajstić information content (AvgIpc) is 2.14. The fraction of sp³-hybridized carbons (Fsp3) is 0.500. The first-order chi connectivity index (χ1) is 6.90. The van der Waals surface area contributed by atoms with Crippen molar-refractivity contribution in [2.24, 2.45) is 11.5 Å². The number of hydrogen-bond donors (Lipinski definition) is 2. The SMILES string of the molecule is CC(C)(N)CCC(N)c1ccccc1F. The first-order valence-electron chi connectivity index (χ1n) is 5.19. The molecule has 84 valence electrons. The van der Waals surface area contributed by atoms with Gasteiger partial charge >= 0.3 is 0 Å². The molecule has 1 rings (SSSR count). The van der Waals surface area contributed by atoms with Crippen molar-refractivity contribution in [3.8, 4) is 0 Å². The van der Waals surface area contributed by atoms with Gasteiger partial charge in [-0.3, -0.25) is 0 Å². The smallest absolute Gasteiger partial charge is 0.127 e. The Morgan fingerprint density at radius 2 is 1.93 bits per heavy atom. The molecule has 0 aromatic heterocycles. The molecular weight excluding hydrogens is 191 g/mol. The number of nitrogens with two attached hydrogens (primary N) is 2. The average molecular weight is 210 g/mol. The van der Waals surface area contributed by atoms with Gasteiger partial charge in [-0.15, -0.1) is 0 Å². The topological polar surface area (TPSA) is 52.0 Å². The van der Waals surface area contributed by atoms with Crippen LogP contribution < -0.4 is 11.5 Å². The number of hydrogen-bond acceptors (Lipinski definition) is 2. The molecule has 1 aromatic rings. The van der Waals surface area contributed by atoms with Crippen LogP contribution in [0.1, 0.15) is 38.3 Å². The van der Waals surface area contributed by atoms with Gasteiger partial charge in [0.2, 0.25) is 0 Å². The molecule has 0 radical (unpaired) electrons. The second-order valence-electron chi connectivity index (χ2n) is 4.66. The maximum atomic E-state index is 13.3. The molecule has 2 nitrogen and oxygen atoms in total. The molecule has 1 unspecified atom stereocenters. The molecule has 0 saturated heterocycles. The van der Waals surface area contributed by atoms with Crippen LogP contribution in [-0.2, 0) is 0 Å². The molecule has 0 aliphatic carbocycles. The summed E-state index contributed by atoms with van der Waals surface area (Å²) in [7, 11) is 0. The van der Waals surface area contributed by atoms with E-state index in [1.54, 1.807) is 18.2 Å².